The molecule has 8 nitrogen and oxygen atoms in total. The van der Waals surface area contributed by atoms with Gasteiger partial charge in [-0.05, 0) is 18.9 Å². The Labute approximate surface area is 190 Å². The maximum absolute atomic E-state index is 12.1. The first-order valence-electron chi connectivity index (χ1n) is 11.8. The van der Waals surface area contributed by atoms with Crippen molar-refractivity contribution in [3.8, 4) is 5.75 Å². The van der Waals surface area contributed by atoms with Crippen molar-refractivity contribution in [1.82, 2.24) is 15.5 Å². The highest BCUT2D eigenvalue weighted by molar-refractivity contribution is 5.85. The second-order valence-corrected chi connectivity index (χ2v) is 9.08. The zero-order valence-corrected chi connectivity index (χ0v) is 19.3. The van der Waals surface area contributed by atoms with Crippen LogP contribution in [-0.2, 0) is 14.3 Å². The van der Waals surface area contributed by atoms with Gasteiger partial charge < -0.3 is 29.7 Å². The smallest absolute Gasteiger partial charge is 0.243 e. The number of hydrogen-bond acceptors (Lipinski definition) is 5. The summed E-state index contributed by atoms with van der Waals surface area (Å²) in [5.41, 5.74) is 1.10. The van der Waals surface area contributed by atoms with Gasteiger partial charge in [-0.3, -0.25) is 4.79 Å². The van der Waals surface area contributed by atoms with E-state index < -0.39 is 5.79 Å². The zero-order chi connectivity index (χ0) is 22.4. The van der Waals surface area contributed by atoms with Crippen molar-refractivity contribution in [2.75, 3.05) is 40.4 Å². The van der Waals surface area contributed by atoms with E-state index in [-0.39, 0.29) is 24.6 Å². The summed E-state index contributed by atoms with van der Waals surface area (Å²) in [5.74, 6) is 1.04. The lowest BCUT2D eigenvalue weighted by Crippen LogP contribution is -2.45. The highest BCUT2D eigenvalue weighted by Gasteiger charge is 2.41. The predicted molar refractivity (Wildman–Crippen MR) is 123 cm³/mol. The molecule has 1 aromatic carbocycles. The van der Waals surface area contributed by atoms with Crippen molar-refractivity contribution in [2.45, 2.75) is 62.9 Å². The summed E-state index contributed by atoms with van der Waals surface area (Å²) in [7, 11) is 3.48. The Hall–Kier alpha value is -2.32. The minimum atomic E-state index is -0.409. The number of nitrogens with zero attached hydrogens (tertiary/aromatic N) is 2. The van der Waals surface area contributed by atoms with E-state index in [0.717, 1.165) is 43.4 Å². The van der Waals surface area contributed by atoms with Crippen LogP contribution in [-0.4, -0.2) is 69.1 Å². The second kappa shape index (κ2) is 10.5. The average molecular weight is 445 g/mol. The topological polar surface area (TPSA) is 84.4 Å². The number of hydrogen-bond donors (Lipinski definition) is 2. The van der Waals surface area contributed by atoms with Gasteiger partial charge in [-0.15, -0.1) is 0 Å². The van der Waals surface area contributed by atoms with E-state index in [9.17, 15) is 4.79 Å². The Morgan fingerprint density at radius 3 is 2.75 bits per heavy atom. The van der Waals surface area contributed by atoms with E-state index in [1.807, 2.05) is 18.2 Å². The third-order valence-electron chi connectivity index (χ3n) is 6.42. The van der Waals surface area contributed by atoms with Crippen LogP contribution >= 0.6 is 0 Å². The molecule has 2 N–H and O–H groups in total. The molecule has 0 aromatic heterocycles. The van der Waals surface area contributed by atoms with E-state index in [0.29, 0.717) is 25.7 Å². The number of rotatable bonds is 5. The minimum absolute atomic E-state index is 0.0355. The number of nitrogens with one attached hydrogen (secondary N) is 2. The van der Waals surface area contributed by atoms with Gasteiger partial charge in [0.15, 0.2) is 11.7 Å². The third-order valence-corrected chi connectivity index (χ3v) is 6.42. The molecule has 1 spiro atoms. The van der Waals surface area contributed by atoms with Crippen molar-refractivity contribution in [2.24, 2.45) is 4.99 Å². The molecule has 4 rings (SSSR count). The molecule has 0 radical (unpaired) electrons. The number of carbonyl (C=O) groups is 1. The normalized spacial score (nSPS) is 24.9. The van der Waals surface area contributed by atoms with E-state index in [1.165, 1.54) is 12.8 Å². The molecule has 1 aliphatic carbocycles. The number of para-hydroxylation sites is 1. The molecular weight excluding hydrogens is 408 g/mol. The number of amides is 1. The predicted octanol–water partition coefficient (Wildman–Crippen LogP) is 2.60. The molecule has 1 amide bonds. The van der Waals surface area contributed by atoms with Crippen molar-refractivity contribution >= 4 is 11.9 Å². The number of likely N-dealkylation sites (N-methyl/N-ethyl adjacent to an activating group) is 1. The Bertz CT molecular complexity index is 805. The lowest BCUT2D eigenvalue weighted by molar-refractivity contribution is -0.175. The molecule has 2 atom stereocenters. The van der Waals surface area contributed by atoms with Gasteiger partial charge in [0.25, 0.3) is 0 Å². The van der Waals surface area contributed by atoms with Gasteiger partial charge in [-0.25, -0.2) is 4.99 Å². The largest absolute Gasteiger partial charge is 0.493 e. The molecule has 2 heterocycles. The fraction of sp³-hybridized carbons (Fsp3) is 0.667. The summed E-state index contributed by atoms with van der Waals surface area (Å²) in [6.07, 6.45) is 7.55. The van der Waals surface area contributed by atoms with Crippen LogP contribution in [0.15, 0.2) is 29.3 Å². The first kappa shape index (κ1) is 22.9. The van der Waals surface area contributed by atoms with E-state index in [4.69, 9.17) is 14.2 Å². The Morgan fingerprint density at radius 2 is 1.97 bits per heavy atom. The fourth-order valence-corrected chi connectivity index (χ4v) is 4.55. The quantitative estimate of drug-likeness (QED) is 0.537. The van der Waals surface area contributed by atoms with Gasteiger partial charge in [0, 0.05) is 45.5 Å². The lowest BCUT2D eigenvalue weighted by Gasteiger charge is -2.29. The summed E-state index contributed by atoms with van der Waals surface area (Å²) in [6.45, 7) is 1.88. The molecule has 1 saturated heterocycles. The highest BCUT2D eigenvalue weighted by atomic mass is 16.7. The van der Waals surface area contributed by atoms with Gasteiger partial charge in [0.1, 0.15) is 18.4 Å². The maximum atomic E-state index is 12.1. The van der Waals surface area contributed by atoms with Crippen LogP contribution in [0.4, 0.5) is 0 Å². The summed E-state index contributed by atoms with van der Waals surface area (Å²) < 4.78 is 18.3. The number of aliphatic imine (C=N–C) groups is 1. The van der Waals surface area contributed by atoms with Crippen LogP contribution in [0.1, 0.15) is 56.6 Å². The third kappa shape index (κ3) is 5.72. The Balaban J connectivity index is 1.40. The van der Waals surface area contributed by atoms with Gasteiger partial charge in [0.2, 0.25) is 5.91 Å². The van der Waals surface area contributed by atoms with Crippen LogP contribution in [0.2, 0.25) is 0 Å². The molecule has 176 valence electrons. The first-order chi connectivity index (χ1) is 15.5. The maximum Gasteiger partial charge on any atom is 0.243 e. The van der Waals surface area contributed by atoms with Gasteiger partial charge in [0.05, 0.1) is 19.3 Å². The number of fused-ring (bicyclic) bond motifs is 1. The van der Waals surface area contributed by atoms with Gasteiger partial charge in [-0.2, -0.15) is 0 Å². The first-order valence-corrected chi connectivity index (χ1v) is 11.8. The Morgan fingerprint density at radius 1 is 1.19 bits per heavy atom. The second-order valence-electron chi connectivity index (χ2n) is 9.08. The summed E-state index contributed by atoms with van der Waals surface area (Å²) >= 11 is 0. The van der Waals surface area contributed by atoms with Crippen molar-refractivity contribution in [1.29, 1.82) is 0 Å². The standard InChI is InChI=1S/C24H36N4O4/c1-28(2)22(29)16-26-23(27-20-11-14-30-21-10-6-5-9-19(20)21)25-15-18-17-31-24(32-18)12-7-3-4-8-13-24/h5-6,9-10,18,20H,3-4,7-8,11-17H2,1-2H3,(H2,25,26,27). The summed E-state index contributed by atoms with van der Waals surface area (Å²) in [4.78, 5) is 18.2. The summed E-state index contributed by atoms with van der Waals surface area (Å²) in [6, 6.07) is 8.11. The van der Waals surface area contributed by atoms with Crippen LogP contribution in [0.25, 0.3) is 0 Å². The lowest BCUT2D eigenvalue weighted by atomic mass is 10.0. The molecular formula is C24H36N4O4. The molecule has 8 heteroatoms. The van der Waals surface area contributed by atoms with Crippen molar-refractivity contribution in [3.05, 3.63) is 29.8 Å². The molecule has 32 heavy (non-hydrogen) atoms. The van der Waals surface area contributed by atoms with Gasteiger partial charge in [-0.1, -0.05) is 31.0 Å². The molecule has 3 aliphatic rings. The number of benzene rings is 1. The highest BCUT2D eigenvalue weighted by Crippen LogP contribution is 2.36. The molecule has 2 unspecified atom stereocenters. The average Bonchev–Trinajstić information content (AvgIpc) is 3.05. The monoisotopic (exact) mass is 444 g/mol. The number of guanidine groups is 1. The Kier molecular flexibility index (Phi) is 7.52. The molecule has 2 aliphatic heterocycles. The molecule has 1 saturated carbocycles. The van der Waals surface area contributed by atoms with Gasteiger partial charge >= 0.3 is 0 Å². The van der Waals surface area contributed by atoms with Crippen LogP contribution < -0.4 is 15.4 Å². The fourth-order valence-electron chi connectivity index (χ4n) is 4.55. The molecule has 2 fully saturated rings. The van der Waals surface area contributed by atoms with E-state index >= 15 is 0 Å². The zero-order valence-electron chi connectivity index (χ0n) is 19.3. The van der Waals surface area contributed by atoms with Crippen molar-refractivity contribution in [3.63, 3.8) is 0 Å². The van der Waals surface area contributed by atoms with Crippen LogP contribution in [0, 0.1) is 0 Å². The summed E-state index contributed by atoms with van der Waals surface area (Å²) in [5, 5.41) is 6.90. The molecule has 0 bridgehead atoms. The molecule has 1 aromatic rings. The van der Waals surface area contributed by atoms with E-state index in [1.54, 1.807) is 19.0 Å². The number of carbonyl (C=O) groups excluding carboxylic acids is 1. The van der Waals surface area contributed by atoms with Crippen molar-refractivity contribution < 1.29 is 19.0 Å². The van der Waals surface area contributed by atoms with E-state index in [2.05, 4.69) is 21.7 Å². The van der Waals surface area contributed by atoms with Crippen LogP contribution in [0.5, 0.6) is 5.75 Å². The van der Waals surface area contributed by atoms with Crippen LogP contribution in [0.3, 0.4) is 0 Å². The number of ether oxygens (including phenoxy) is 3. The SMILES string of the molecule is CN(C)C(=O)CN=C(NCC1COC2(CCCCCC2)O1)NC1CCOc2ccccc21. The minimum Gasteiger partial charge on any atom is -0.493 e.